The van der Waals surface area contributed by atoms with Crippen LogP contribution >= 0.6 is 0 Å². The van der Waals surface area contributed by atoms with Gasteiger partial charge in [-0.2, -0.15) is 5.10 Å². The molecule has 2 aromatic rings. The van der Waals surface area contributed by atoms with Crippen LogP contribution in [0.5, 0.6) is 5.75 Å². The van der Waals surface area contributed by atoms with Gasteiger partial charge < -0.3 is 9.64 Å². The quantitative estimate of drug-likeness (QED) is 0.894. The summed E-state index contributed by atoms with van der Waals surface area (Å²) < 4.78 is 5.47. The Morgan fingerprint density at radius 3 is 3.05 bits per heavy atom. The van der Waals surface area contributed by atoms with E-state index in [-0.39, 0.29) is 5.91 Å². The molecular formula is C14H15N3O2. The maximum absolute atomic E-state index is 12.4. The number of amides is 1. The van der Waals surface area contributed by atoms with Crippen LogP contribution in [0.25, 0.3) is 0 Å². The minimum absolute atomic E-state index is 0.0647. The molecular weight excluding hydrogens is 242 g/mol. The molecule has 1 aromatic heterocycles. The highest BCUT2D eigenvalue weighted by atomic mass is 16.5. The summed E-state index contributed by atoms with van der Waals surface area (Å²) in [6.45, 7) is 2.56. The van der Waals surface area contributed by atoms with Crippen molar-refractivity contribution < 1.29 is 9.53 Å². The summed E-state index contributed by atoms with van der Waals surface area (Å²) in [5, 5.41) is 6.66. The number of carbonyl (C=O) groups is 1. The van der Waals surface area contributed by atoms with Crippen molar-refractivity contribution in [1.29, 1.82) is 0 Å². The van der Waals surface area contributed by atoms with Crippen molar-refractivity contribution in [3.8, 4) is 5.75 Å². The van der Waals surface area contributed by atoms with Crippen LogP contribution < -0.4 is 9.64 Å². The molecule has 0 fully saturated rings. The van der Waals surface area contributed by atoms with Crippen LogP contribution in [0.3, 0.4) is 0 Å². The van der Waals surface area contributed by atoms with Crippen LogP contribution in [0.2, 0.25) is 0 Å². The Balaban J connectivity index is 1.90. The van der Waals surface area contributed by atoms with Gasteiger partial charge in [0.25, 0.3) is 5.91 Å². The van der Waals surface area contributed by atoms with Crippen molar-refractivity contribution in [2.75, 3.05) is 18.6 Å². The fourth-order valence-corrected chi connectivity index (χ4v) is 2.25. The Hall–Kier alpha value is -2.30. The molecule has 0 saturated carbocycles. The summed E-state index contributed by atoms with van der Waals surface area (Å²) in [5.41, 5.74) is 3.40. The van der Waals surface area contributed by atoms with Crippen LogP contribution in [0.4, 0.5) is 5.69 Å². The number of nitrogens with one attached hydrogen (secondary N) is 1. The van der Waals surface area contributed by atoms with E-state index in [1.54, 1.807) is 18.1 Å². The van der Waals surface area contributed by atoms with Gasteiger partial charge in [-0.15, -0.1) is 0 Å². The van der Waals surface area contributed by atoms with Gasteiger partial charge >= 0.3 is 0 Å². The van der Waals surface area contributed by atoms with E-state index >= 15 is 0 Å². The van der Waals surface area contributed by atoms with E-state index in [2.05, 4.69) is 10.2 Å². The Kier molecular flexibility index (Phi) is 2.74. The van der Waals surface area contributed by atoms with Gasteiger partial charge in [0.15, 0.2) is 0 Å². The van der Waals surface area contributed by atoms with Crippen molar-refractivity contribution in [2.24, 2.45) is 0 Å². The third kappa shape index (κ3) is 1.97. The van der Waals surface area contributed by atoms with Crippen LogP contribution in [0, 0.1) is 6.92 Å². The number of H-pyrrole nitrogens is 1. The van der Waals surface area contributed by atoms with Gasteiger partial charge in [0.2, 0.25) is 0 Å². The lowest BCUT2D eigenvalue weighted by Gasteiger charge is -2.17. The third-order valence-corrected chi connectivity index (χ3v) is 3.43. The number of rotatable bonds is 2. The van der Waals surface area contributed by atoms with Crippen LogP contribution in [0.15, 0.2) is 24.4 Å². The molecule has 98 valence electrons. The van der Waals surface area contributed by atoms with Crippen molar-refractivity contribution in [3.05, 3.63) is 41.2 Å². The van der Waals surface area contributed by atoms with Gasteiger partial charge in [-0.3, -0.25) is 9.89 Å². The number of carbonyl (C=O) groups excluding carboxylic acids is 1. The SMILES string of the molecule is Cc1[nH]ncc1C(=O)N(C)c1ccc2c(c1)CCO2. The van der Waals surface area contributed by atoms with Gasteiger partial charge in [-0.1, -0.05) is 0 Å². The van der Waals surface area contributed by atoms with Gasteiger partial charge in [-0.25, -0.2) is 0 Å². The molecule has 0 saturated heterocycles. The maximum Gasteiger partial charge on any atom is 0.261 e. The van der Waals surface area contributed by atoms with Crippen molar-refractivity contribution in [3.63, 3.8) is 0 Å². The minimum Gasteiger partial charge on any atom is -0.493 e. The van der Waals surface area contributed by atoms with Gasteiger partial charge in [0, 0.05) is 24.8 Å². The average molecular weight is 257 g/mol. The zero-order valence-electron chi connectivity index (χ0n) is 10.9. The number of fused-ring (bicyclic) bond motifs is 1. The van der Waals surface area contributed by atoms with Gasteiger partial charge in [0.1, 0.15) is 5.75 Å². The molecule has 2 heterocycles. The number of aromatic amines is 1. The van der Waals surface area contributed by atoms with Crippen molar-refractivity contribution >= 4 is 11.6 Å². The van der Waals surface area contributed by atoms with E-state index in [0.29, 0.717) is 5.56 Å². The molecule has 3 rings (SSSR count). The number of aryl methyl sites for hydroxylation is 1. The molecule has 5 heteroatoms. The first-order valence-electron chi connectivity index (χ1n) is 6.20. The molecule has 0 aliphatic carbocycles. The van der Waals surface area contributed by atoms with Crippen LogP contribution in [-0.2, 0) is 6.42 Å². The Morgan fingerprint density at radius 2 is 2.32 bits per heavy atom. The lowest BCUT2D eigenvalue weighted by atomic mass is 10.1. The second-order valence-corrected chi connectivity index (χ2v) is 4.66. The summed E-state index contributed by atoms with van der Waals surface area (Å²) in [6, 6.07) is 5.83. The van der Waals surface area contributed by atoms with E-state index in [0.717, 1.165) is 35.7 Å². The van der Waals surface area contributed by atoms with E-state index in [4.69, 9.17) is 4.74 Å². The molecule has 0 atom stereocenters. The number of anilines is 1. The van der Waals surface area contributed by atoms with Crippen LogP contribution in [-0.4, -0.2) is 29.8 Å². The molecule has 0 unspecified atom stereocenters. The fourth-order valence-electron chi connectivity index (χ4n) is 2.25. The first-order chi connectivity index (χ1) is 9.16. The predicted octanol–water partition coefficient (Wildman–Crippen LogP) is 1.93. The molecule has 0 bridgehead atoms. The number of nitrogens with zero attached hydrogens (tertiary/aromatic N) is 2. The van der Waals surface area contributed by atoms with Gasteiger partial charge in [0.05, 0.1) is 18.4 Å². The molecule has 0 spiro atoms. The highest BCUT2D eigenvalue weighted by molar-refractivity contribution is 6.06. The summed E-state index contributed by atoms with van der Waals surface area (Å²) in [7, 11) is 1.77. The Bertz CT molecular complexity index is 633. The molecule has 1 N–H and O–H groups in total. The minimum atomic E-state index is -0.0647. The van der Waals surface area contributed by atoms with Crippen molar-refractivity contribution in [1.82, 2.24) is 10.2 Å². The number of benzene rings is 1. The second kappa shape index (κ2) is 4.42. The highest BCUT2D eigenvalue weighted by Crippen LogP contribution is 2.29. The van der Waals surface area contributed by atoms with Crippen LogP contribution in [0.1, 0.15) is 21.6 Å². The smallest absolute Gasteiger partial charge is 0.261 e. The monoisotopic (exact) mass is 257 g/mol. The second-order valence-electron chi connectivity index (χ2n) is 4.66. The lowest BCUT2D eigenvalue weighted by Crippen LogP contribution is -2.26. The van der Waals surface area contributed by atoms with E-state index in [9.17, 15) is 4.79 Å². The molecule has 19 heavy (non-hydrogen) atoms. The average Bonchev–Trinajstić information content (AvgIpc) is 3.04. The summed E-state index contributed by atoms with van der Waals surface area (Å²) in [5.74, 6) is 0.856. The largest absolute Gasteiger partial charge is 0.493 e. The fraction of sp³-hybridized carbons (Fsp3) is 0.286. The van der Waals surface area contributed by atoms with Crippen molar-refractivity contribution in [2.45, 2.75) is 13.3 Å². The molecule has 1 aliphatic rings. The molecule has 5 nitrogen and oxygen atoms in total. The standard InChI is InChI=1S/C14H15N3O2/c1-9-12(8-15-16-9)14(18)17(2)11-3-4-13-10(7-11)5-6-19-13/h3-4,7-8H,5-6H2,1-2H3,(H,15,16). The van der Waals surface area contributed by atoms with E-state index < -0.39 is 0 Å². The number of hydrogen-bond donors (Lipinski definition) is 1. The van der Waals surface area contributed by atoms with E-state index in [1.165, 1.54) is 0 Å². The lowest BCUT2D eigenvalue weighted by molar-refractivity contribution is 0.0992. The zero-order valence-corrected chi connectivity index (χ0v) is 10.9. The molecule has 0 radical (unpaired) electrons. The van der Waals surface area contributed by atoms with E-state index in [1.807, 2.05) is 25.1 Å². The first-order valence-corrected chi connectivity index (χ1v) is 6.20. The zero-order chi connectivity index (χ0) is 13.4. The summed E-state index contributed by atoms with van der Waals surface area (Å²) >= 11 is 0. The Morgan fingerprint density at radius 1 is 1.47 bits per heavy atom. The van der Waals surface area contributed by atoms with Gasteiger partial charge in [-0.05, 0) is 30.7 Å². The summed E-state index contributed by atoms with van der Waals surface area (Å²) in [6.07, 6.45) is 2.46. The third-order valence-electron chi connectivity index (χ3n) is 3.43. The predicted molar refractivity (Wildman–Crippen MR) is 71.7 cm³/mol. The first kappa shape index (κ1) is 11.8. The molecule has 1 aliphatic heterocycles. The molecule has 1 amide bonds. The Labute approximate surface area is 111 Å². The molecule has 1 aromatic carbocycles. The number of ether oxygens (including phenoxy) is 1. The number of aromatic nitrogens is 2. The topological polar surface area (TPSA) is 58.2 Å². The number of hydrogen-bond acceptors (Lipinski definition) is 3. The summed E-state index contributed by atoms with van der Waals surface area (Å²) in [4.78, 5) is 14.0. The highest BCUT2D eigenvalue weighted by Gasteiger charge is 2.19. The normalized spacial score (nSPS) is 12.9. The maximum atomic E-state index is 12.4.